The number of rotatable bonds is 7. The first-order valence-corrected chi connectivity index (χ1v) is 8.41. The number of carbonyl (C=O) groups is 2. The van der Waals surface area contributed by atoms with Crippen molar-refractivity contribution < 1.29 is 23.8 Å². The third-order valence-electron chi connectivity index (χ3n) is 3.82. The van der Waals surface area contributed by atoms with E-state index in [1.807, 2.05) is 13.0 Å². The second-order valence-corrected chi connectivity index (χ2v) is 6.02. The lowest BCUT2D eigenvalue weighted by molar-refractivity contribution is -0.114. The molecule has 0 spiro atoms. The Hall–Kier alpha value is -2.93. The van der Waals surface area contributed by atoms with Gasteiger partial charge in [-0.25, -0.2) is 4.79 Å². The largest absolute Gasteiger partial charge is 0.493 e. The zero-order chi connectivity index (χ0) is 20.0. The van der Waals surface area contributed by atoms with Gasteiger partial charge in [0, 0.05) is 22.8 Å². The SMILES string of the molecule is COC(=O)c1cc(OC)c(OC)cc1NCC(=O)Nc1ccc(C)c(Cl)c1. The van der Waals surface area contributed by atoms with E-state index in [9.17, 15) is 9.59 Å². The van der Waals surface area contributed by atoms with Gasteiger partial charge in [-0.2, -0.15) is 0 Å². The average Bonchev–Trinajstić information content (AvgIpc) is 2.67. The lowest BCUT2D eigenvalue weighted by Crippen LogP contribution is -2.23. The molecule has 0 aromatic heterocycles. The molecule has 0 fully saturated rings. The van der Waals surface area contributed by atoms with Crippen LogP contribution in [0.2, 0.25) is 5.02 Å². The quantitative estimate of drug-likeness (QED) is 0.701. The first-order valence-electron chi connectivity index (χ1n) is 8.03. The second kappa shape index (κ2) is 9.14. The van der Waals surface area contributed by atoms with Crippen molar-refractivity contribution in [3.8, 4) is 11.5 Å². The van der Waals surface area contributed by atoms with Crippen molar-refractivity contribution in [1.82, 2.24) is 0 Å². The van der Waals surface area contributed by atoms with Crippen molar-refractivity contribution in [3.63, 3.8) is 0 Å². The Morgan fingerprint density at radius 2 is 1.70 bits per heavy atom. The van der Waals surface area contributed by atoms with Crippen molar-refractivity contribution in [2.24, 2.45) is 0 Å². The summed E-state index contributed by atoms with van der Waals surface area (Å²) in [6.07, 6.45) is 0. The van der Waals surface area contributed by atoms with Crippen LogP contribution < -0.4 is 20.1 Å². The van der Waals surface area contributed by atoms with E-state index in [1.165, 1.54) is 27.4 Å². The molecular weight excluding hydrogens is 372 g/mol. The van der Waals surface area contributed by atoms with Gasteiger partial charge in [0.1, 0.15) is 0 Å². The summed E-state index contributed by atoms with van der Waals surface area (Å²) in [4.78, 5) is 24.3. The Labute approximate surface area is 162 Å². The summed E-state index contributed by atoms with van der Waals surface area (Å²) in [6.45, 7) is 1.80. The number of anilines is 2. The highest BCUT2D eigenvalue weighted by molar-refractivity contribution is 6.31. The van der Waals surface area contributed by atoms with Crippen LogP contribution in [0, 0.1) is 6.92 Å². The van der Waals surface area contributed by atoms with Gasteiger partial charge in [-0.1, -0.05) is 17.7 Å². The van der Waals surface area contributed by atoms with E-state index >= 15 is 0 Å². The maximum Gasteiger partial charge on any atom is 0.340 e. The number of hydrogen-bond acceptors (Lipinski definition) is 6. The fourth-order valence-electron chi connectivity index (χ4n) is 2.36. The third kappa shape index (κ3) is 5.04. The van der Waals surface area contributed by atoms with Gasteiger partial charge in [0.2, 0.25) is 5.91 Å². The van der Waals surface area contributed by atoms with Crippen LogP contribution in [0.25, 0.3) is 0 Å². The van der Waals surface area contributed by atoms with Crippen LogP contribution in [0.5, 0.6) is 11.5 Å². The smallest absolute Gasteiger partial charge is 0.340 e. The third-order valence-corrected chi connectivity index (χ3v) is 4.23. The molecule has 0 unspecified atom stereocenters. The normalized spacial score (nSPS) is 10.1. The average molecular weight is 393 g/mol. The van der Waals surface area contributed by atoms with E-state index in [-0.39, 0.29) is 18.0 Å². The molecule has 0 bridgehead atoms. The minimum atomic E-state index is -0.566. The number of benzene rings is 2. The Morgan fingerprint density at radius 1 is 1.04 bits per heavy atom. The zero-order valence-corrected chi connectivity index (χ0v) is 16.3. The summed E-state index contributed by atoms with van der Waals surface area (Å²) >= 11 is 6.06. The van der Waals surface area contributed by atoms with Crippen LogP contribution in [0.4, 0.5) is 11.4 Å². The number of esters is 1. The van der Waals surface area contributed by atoms with Crippen LogP contribution in [0.1, 0.15) is 15.9 Å². The Balaban J connectivity index is 2.16. The standard InChI is InChI=1S/C19H21ClN2O5/c1-11-5-6-12(7-14(11)20)22-18(23)10-21-15-9-17(26-3)16(25-2)8-13(15)19(24)27-4/h5-9,21H,10H2,1-4H3,(H,22,23). The van der Waals surface area contributed by atoms with Crippen molar-refractivity contribution in [2.75, 3.05) is 38.5 Å². The molecule has 2 aromatic rings. The Kier molecular flexibility index (Phi) is 6.90. The van der Waals surface area contributed by atoms with Crippen molar-refractivity contribution in [1.29, 1.82) is 0 Å². The highest BCUT2D eigenvalue weighted by atomic mass is 35.5. The van der Waals surface area contributed by atoms with Crippen LogP contribution in [0.15, 0.2) is 30.3 Å². The second-order valence-electron chi connectivity index (χ2n) is 5.61. The molecule has 27 heavy (non-hydrogen) atoms. The molecule has 1 amide bonds. The number of carbonyl (C=O) groups excluding carboxylic acids is 2. The predicted octanol–water partition coefficient (Wildman–Crippen LogP) is 3.50. The number of methoxy groups -OCH3 is 3. The van der Waals surface area contributed by atoms with E-state index < -0.39 is 5.97 Å². The fourth-order valence-corrected chi connectivity index (χ4v) is 2.54. The lowest BCUT2D eigenvalue weighted by Gasteiger charge is -2.15. The van der Waals surface area contributed by atoms with Crippen LogP contribution >= 0.6 is 11.6 Å². The molecule has 0 aliphatic carbocycles. The summed E-state index contributed by atoms with van der Waals surface area (Å²) in [5.74, 6) is -0.0784. The molecule has 2 N–H and O–H groups in total. The number of nitrogens with one attached hydrogen (secondary N) is 2. The van der Waals surface area contributed by atoms with Gasteiger partial charge < -0.3 is 24.8 Å². The molecule has 0 atom stereocenters. The predicted molar refractivity (Wildman–Crippen MR) is 104 cm³/mol. The molecule has 2 rings (SSSR count). The van der Waals surface area contributed by atoms with Crippen LogP contribution in [-0.2, 0) is 9.53 Å². The van der Waals surface area contributed by atoms with Gasteiger partial charge >= 0.3 is 5.97 Å². The highest BCUT2D eigenvalue weighted by Gasteiger charge is 2.18. The molecule has 0 aliphatic heterocycles. The Morgan fingerprint density at radius 3 is 2.30 bits per heavy atom. The molecule has 144 valence electrons. The lowest BCUT2D eigenvalue weighted by atomic mass is 10.1. The topological polar surface area (TPSA) is 85.9 Å². The zero-order valence-electron chi connectivity index (χ0n) is 15.5. The number of aryl methyl sites for hydroxylation is 1. The van der Waals surface area contributed by atoms with E-state index in [4.69, 9.17) is 25.8 Å². The van der Waals surface area contributed by atoms with E-state index in [1.54, 1.807) is 18.2 Å². The van der Waals surface area contributed by atoms with E-state index in [0.29, 0.717) is 27.9 Å². The van der Waals surface area contributed by atoms with Crippen molar-refractivity contribution in [3.05, 3.63) is 46.5 Å². The van der Waals surface area contributed by atoms with Crippen LogP contribution in [-0.4, -0.2) is 39.8 Å². The molecule has 8 heteroatoms. The number of hydrogen-bond donors (Lipinski definition) is 2. The molecular formula is C19H21ClN2O5. The number of amides is 1. The van der Waals surface area contributed by atoms with Crippen molar-refractivity contribution in [2.45, 2.75) is 6.92 Å². The first-order chi connectivity index (χ1) is 12.9. The van der Waals surface area contributed by atoms with Crippen LogP contribution in [0.3, 0.4) is 0 Å². The van der Waals surface area contributed by atoms with Gasteiger partial charge in [0.15, 0.2) is 11.5 Å². The Bertz CT molecular complexity index is 854. The summed E-state index contributed by atoms with van der Waals surface area (Å²) in [7, 11) is 4.22. The maximum absolute atomic E-state index is 12.2. The summed E-state index contributed by atoms with van der Waals surface area (Å²) < 4.78 is 15.2. The summed E-state index contributed by atoms with van der Waals surface area (Å²) in [5, 5.41) is 6.22. The van der Waals surface area contributed by atoms with Gasteiger partial charge in [0.25, 0.3) is 0 Å². The number of ether oxygens (including phenoxy) is 3. The molecule has 2 aromatic carbocycles. The van der Waals surface area contributed by atoms with Gasteiger partial charge in [-0.3, -0.25) is 4.79 Å². The molecule has 0 aliphatic rings. The minimum absolute atomic E-state index is 0.0784. The molecule has 0 saturated carbocycles. The maximum atomic E-state index is 12.2. The molecule has 0 heterocycles. The van der Waals surface area contributed by atoms with Gasteiger partial charge in [-0.15, -0.1) is 0 Å². The minimum Gasteiger partial charge on any atom is -0.493 e. The summed E-state index contributed by atoms with van der Waals surface area (Å²) in [6, 6.07) is 8.31. The van der Waals surface area contributed by atoms with E-state index in [0.717, 1.165) is 5.56 Å². The van der Waals surface area contributed by atoms with Gasteiger partial charge in [0.05, 0.1) is 39.1 Å². The molecule has 0 radical (unpaired) electrons. The monoisotopic (exact) mass is 392 g/mol. The number of halogens is 1. The molecule has 0 saturated heterocycles. The van der Waals surface area contributed by atoms with Gasteiger partial charge in [-0.05, 0) is 24.6 Å². The fraction of sp³-hybridized carbons (Fsp3) is 0.263. The van der Waals surface area contributed by atoms with Crippen molar-refractivity contribution >= 4 is 34.9 Å². The van der Waals surface area contributed by atoms with E-state index in [2.05, 4.69) is 10.6 Å². The molecule has 7 nitrogen and oxygen atoms in total. The first kappa shape index (κ1) is 20.4. The summed E-state index contributed by atoms with van der Waals surface area (Å²) in [5.41, 5.74) is 2.11. The highest BCUT2D eigenvalue weighted by Crippen LogP contribution is 2.33.